The van der Waals surface area contributed by atoms with Gasteiger partial charge in [0.2, 0.25) is 0 Å². The third-order valence-corrected chi connectivity index (χ3v) is 29.0. The van der Waals surface area contributed by atoms with Crippen LogP contribution in [0, 0.1) is 28.2 Å². The van der Waals surface area contributed by atoms with Crippen molar-refractivity contribution in [3.05, 3.63) is 35.5 Å². The van der Waals surface area contributed by atoms with Crippen LogP contribution in [-0.4, -0.2) is 138 Å². The number of rotatable bonds is 17. The molecule has 1 amide bonds. The van der Waals surface area contributed by atoms with Gasteiger partial charge in [-0.1, -0.05) is 67.1 Å². The number of carbonyl (C=O) groups is 1. The molecule has 1 spiro atoms. The summed E-state index contributed by atoms with van der Waals surface area (Å²) in [6.45, 7) is 30.7. The predicted octanol–water partition coefficient (Wildman–Crippen LogP) is 14.2. The summed E-state index contributed by atoms with van der Waals surface area (Å²) in [6, 6.07) is 5.19. The van der Waals surface area contributed by atoms with E-state index in [0.717, 1.165) is 117 Å². The lowest BCUT2D eigenvalue weighted by molar-refractivity contribution is -0.0371. The van der Waals surface area contributed by atoms with Gasteiger partial charge in [-0.15, -0.1) is 28.2 Å². The average molecular weight is 1170 g/mol. The van der Waals surface area contributed by atoms with Gasteiger partial charge in [-0.25, -0.2) is 18.3 Å². The number of thiophene rings is 2. The fourth-order valence-electron chi connectivity index (χ4n) is 14.6. The second-order valence-electron chi connectivity index (χ2n) is 27.7. The SMILES string of the molecule is CC(C)[Si](C#Cc1csc2cc3c(cnn3COCC[Si](C)(C)C)c(-c3nccc4c3sc3nc(OC[C@]5(CN6CCC7(CC6)CC(CCO)C7)CC5(F)F)nc(N5CC6CCC(C5)N6C(=O)OC(C)(C)C)c34)c12)(C(C)C)C(C)C. The molecule has 1 N–H and O–H groups in total. The molecular formula is C61H84F2N8O5S2Si2. The van der Waals surface area contributed by atoms with E-state index in [1.807, 2.05) is 48.8 Å². The molecule has 0 radical (unpaired) electrons. The zero-order valence-electron chi connectivity index (χ0n) is 49.3. The van der Waals surface area contributed by atoms with E-state index in [9.17, 15) is 9.90 Å². The number of aromatic nitrogens is 5. The number of ether oxygens (including phenoxy) is 3. The number of piperidine rings is 1. The second-order valence-corrected chi connectivity index (χ2v) is 40.8. The van der Waals surface area contributed by atoms with E-state index in [0.29, 0.717) is 59.6 Å². The van der Waals surface area contributed by atoms with Crippen LogP contribution in [0.2, 0.25) is 42.3 Å². The summed E-state index contributed by atoms with van der Waals surface area (Å²) < 4.78 is 54.5. The first-order chi connectivity index (χ1) is 37.8. The normalized spacial score (nSPS) is 22.4. The Morgan fingerprint density at radius 2 is 1.66 bits per heavy atom. The number of aliphatic hydroxyl groups is 1. The zero-order valence-corrected chi connectivity index (χ0v) is 52.9. The highest BCUT2D eigenvalue weighted by Crippen LogP contribution is 2.62. The third-order valence-electron chi connectivity index (χ3n) is 18.9. The summed E-state index contributed by atoms with van der Waals surface area (Å²) in [5.74, 6) is 2.21. The van der Waals surface area contributed by atoms with Crippen LogP contribution in [0.15, 0.2) is 29.9 Å². The number of pyridine rings is 1. The van der Waals surface area contributed by atoms with Crippen molar-refractivity contribution >= 4 is 92.0 Å². The van der Waals surface area contributed by atoms with Crippen molar-refractivity contribution < 1.29 is 32.9 Å². The van der Waals surface area contributed by atoms with Crippen LogP contribution < -0.4 is 9.64 Å². The molecule has 8 heterocycles. The Morgan fingerprint density at radius 1 is 0.975 bits per heavy atom. The summed E-state index contributed by atoms with van der Waals surface area (Å²) >= 11 is 3.22. The van der Waals surface area contributed by atoms with E-state index in [4.69, 9.17) is 34.3 Å². The highest BCUT2D eigenvalue weighted by atomic mass is 32.1. The third kappa shape index (κ3) is 10.7. The van der Waals surface area contributed by atoms with Gasteiger partial charge in [0.25, 0.3) is 5.92 Å². The van der Waals surface area contributed by atoms with Crippen molar-refractivity contribution in [2.45, 2.75) is 186 Å². The Balaban J connectivity index is 1.01. The Bertz CT molecular complexity index is 3320. The number of benzene rings is 1. The summed E-state index contributed by atoms with van der Waals surface area (Å²) in [4.78, 5) is 36.5. The number of alkyl halides is 2. The maximum atomic E-state index is 15.9. The monoisotopic (exact) mass is 1170 g/mol. The molecule has 2 unspecified atom stereocenters. The van der Waals surface area contributed by atoms with Crippen LogP contribution in [0.4, 0.5) is 19.4 Å². The summed E-state index contributed by atoms with van der Waals surface area (Å²) in [5.41, 5.74) is 7.41. The smallest absolute Gasteiger partial charge is 0.410 e. The van der Waals surface area contributed by atoms with Crippen molar-refractivity contribution in [2.75, 3.05) is 57.4 Å². The molecule has 2 aliphatic carbocycles. The van der Waals surface area contributed by atoms with Crippen LogP contribution in [0.5, 0.6) is 6.01 Å². The maximum absolute atomic E-state index is 15.9. The largest absolute Gasteiger partial charge is 0.462 e. The van der Waals surface area contributed by atoms with Crippen LogP contribution in [-0.2, 0) is 16.2 Å². The number of hydrogen-bond acceptors (Lipinski definition) is 13. The fraction of sp³-hybridized carbons (Fsp3) is 0.656. The standard InChI is InChI=1S/C61H84F2N8O5S2Si2/c1-38(2)80(39(3)4,40(5)6)25-17-42-33-77-48-27-47-46(30-65-70(47)37-74-24-26-79(10,11)12)50(49(42)48)52-53-45(15-20-64-52)51-54(69-31-43-13-14-44(32-69)71(43)57(73)76-58(7,8)9)66-56(67-55(51)78-53)75-36-60(34-61(60,62)63)35-68-21-18-59(19-22-68)28-41(29-59)16-23-72/h15,20,27,30,33,38-41,43-44,72H,13-14,16,18-19,21-24,26,28-29,31-32,34-37H2,1-12H3/t43?,44?,60-/m1/s1. The predicted molar refractivity (Wildman–Crippen MR) is 326 cm³/mol. The lowest BCUT2D eigenvalue weighted by Crippen LogP contribution is -2.57. The lowest BCUT2D eigenvalue weighted by atomic mass is 9.57. The first kappa shape index (κ1) is 57.5. The minimum Gasteiger partial charge on any atom is -0.462 e. The maximum Gasteiger partial charge on any atom is 0.410 e. The molecule has 5 fully saturated rings. The fourth-order valence-corrected chi connectivity index (χ4v) is 22.6. The number of anilines is 1. The van der Waals surface area contributed by atoms with Crippen molar-refractivity contribution in [1.82, 2.24) is 34.5 Å². The number of nitrogens with zero attached hydrogens (tertiary/aromatic N) is 8. The number of amides is 1. The van der Waals surface area contributed by atoms with Gasteiger partial charge >= 0.3 is 12.1 Å². The van der Waals surface area contributed by atoms with Gasteiger partial charge in [0.1, 0.15) is 37.7 Å². The molecule has 11 rings (SSSR count). The van der Waals surface area contributed by atoms with Crippen molar-refractivity contribution in [3.8, 4) is 28.7 Å². The van der Waals surface area contributed by atoms with Crippen LogP contribution in [0.3, 0.4) is 0 Å². The van der Waals surface area contributed by atoms with Crippen LogP contribution in [0.25, 0.3) is 52.5 Å². The highest BCUT2D eigenvalue weighted by Gasteiger charge is 2.72. The Morgan fingerprint density at radius 3 is 2.29 bits per heavy atom. The number of carbonyl (C=O) groups excluding carboxylic acids is 1. The van der Waals surface area contributed by atoms with E-state index in [2.05, 4.69) is 93.9 Å². The Labute approximate surface area is 481 Å². The minimum absolute atomic E-state index is 0.0722. The summed E-state index contributed by atoms with van der Waals surface area (Å²) in [5, 5.41) is 20.5. The molecule has 6 aromatic rings. The van der Waals surface area contributed by atoms with Gasteiger partial charge in [0.05, 0.1) is 45.0 Å². The summed E-state index contributed by atoms with van der Waals surface area (Å²) in [7, 11) is -3.45. The molecule has 13 nitrogen and oxygen atoms in total. The molecule has 432 valence electrons. The number of fused-ring (bicyclic) bond motifs is 7. The minimum atomic E-state index is -2.87. The molecule has 5 aromatic heterocycles. The molecule has 19 heteroatoms. The van der Waals surface area contributed by atoms with Crippen molar-refractivity contribution in [3.63, 3.8) is 0 Å². The van der Waals surface area contributed by atoms with Gasteiger partial charge in [-0.2, -0.15) is 15.1 Å². The first-order valence-corrected chi connectivity index (χ1v) is 37.2. The molecule has 5 aliphatic rings. The highest BCUT2D eigenvalue weighted by molar-refractivity contribution is 7.26. The van der Waals surface area contributed by atoms with Gasteiger partial charge < -0.3 is 29.1 Å². The van der Waals surface area contributed by atoms with Crippen LogP contribution >= 0.6 is 22.7 Å². The number of likely N-dealkylation sites (tertiary alicyclic amines) is 1. The second kappa shape index (κ2) is 21.4. The van der Waals surface area contributed by atoms with Gasteiger partial charge in [-0.05, 0) is 125 Å². The van der Waals surface area contributed by atoms with E-state index >= 15 is 8.78 Å². The molecule has 2 saturated carbocycles. The van der Waals surface area contributed by atoms with E-state index in [1.54, 1.807) is 11.3 Å². The number of piperazine rings is 1. The Hall–Kier alpha value is -4.30. The van der Waals surface area contributed by atoms with Crippen LogP contribution in [0.1, 0.15) is 119 Å². The van der Waals surface area contributed by atoms with E-state index in [1.165, 1.54) is 11.3 Å². The van der Waals surface area contributed by atoms with Crippen molar-refractivity contribution in [1.29, 1.82) is 0 Å². The molecule has 3 atom stereocenters. The first-order valence-electron chi connectivity index (χ1n) is 29.5. The van der Waals surface area contributed by atoms with E-state index in [-0.39, 0.29) is 55.8 Å². The molecule has 1 aromatic carbocycles. The molecule has 2 bridgehead atoms. The average Bonchev–Trinajstić information content (AvgIpc) is 4.17. The van der Waals surface area contributed by atoms with Gasteiger partial charge in [0, 0.05) is 90.9 Å². The number of halogens is 2. The van der Waals surface area contributed by atoms with E-state index < -0.39 is 33.1 Å². The topological polar surface area (TPSA) is 131 Å². The lowest BCUT2D eigenvalue weighted by Gasteiger charge is -2.52. The molecule has 3 aliphatic heterocycles. The molecule has 80 heavy (non-hydrogen) atoms. The van der Waals surface area contributed by atoms with Gasteiger partial charge in [0.15, 0.2) is 0 Å². The number of aliphatic hydroxyl groups excluding tert-OH is 1. The molecular weight excluding hydrogens is 1080 g/mol. The summed E-state index contributed by atoms with van der Waals surface area (Å²) in [6.07, 6.45) is 10.0. The number of hydrogen-bond donors (Lipinski definition) is 1. The van der Waals surface area contributed by atoms with Gasteiger partial charge in [-0.3, -0.25) is 9.88 Å². The zero-order chi connectivity index (χ0) is 56.9. The van der Waals surface area contributed by atoms with Crippen molar-refractivity contribution in [2.24, 2.45) is 16.7 Å². The quantitative estimate of drug-likeness (QED) is 0.0532. The Kier molecular flexibility index (Phi) is 15.4. The molecule has 3 saturated heterocycles.